The van der Waals surface area contributed by atoms with Crippen molar-refractivity contribution in [1.82, 2.24) is 9.55 Å². The SMILES string of the molecule is Cc1cccc(OCCCn2c(/C=C/c3ccccc3)nc3ccccc32)c1. The summed E-state index contributed by atoms with van der Waals surface area (Å²) in [7, 11) is 0. The summed E-state index contributed by atoms with van der Waals surface area (Å²) in [5.41, 5.74) is 4.57. The smallest absolute Gasteiger partial charge is 0.133 e. The Morgan fingerprint density at radius 3 is 2.57 bits per heavy atom. The molecule has 0 N–H and O–H groups in total. The lowest BCUT2D eigenvalue weighted by Crippen LogP contribution is -2.06. The van der Waals surface area contributed by atoms with Crippen LogP contribution in [0.1, 0.15) is 23.4 Å². The van der Waals surface area contributed by atoms with Crippen LogP contribution in [0.15, 0.2) is 78.9 Å². The summed E-state index contributed by atoms with van der Waals surface area (Å²) in [5.74, 6) is 1.90. The van der Waals surface area contributed by atoms with Gasteiger partial charge < -0.3 is 9.30 Å². The average molecular weight is 368 g/mol. The first-order chi connectivity index (χ1) is 13.8. The van der Waals surface area contributed by atoms with Gasteiger partial charge in [-0.1, -0.05) is 60.7 Å². The Bertz CT molecular complexity index is 1080. The molecule has 0 aliphatic carbocycles. The molecule has 4 aromatic rings. The summed E-state index contributed by atoms with van der Waals surface area (Å²) in [5, 5.41) is 0. The lowest BCUT2D eigenvalue weighted by atomic mass is 10.2. The second-order valence-electron chi connectivity index (χ2n) is 6.87. The first kappa shape index (κ1) is 18.1. The van der Waals surface area contributed by atoms with Crippen LogP contribution in [0.25, 0.3) is 23.2 Å². The van der Waals surface area contributed by atoms with Crippen LogP contribution >= 0.6 is 0 Å². The van der Waals surface area contributed by atoms with Crippen molar-refractivity contribution in [2.24, 2.45) is 0 Å². The molecule has 3 heteroatoms. The molecule has 1 heterocycles. The van der Waals surface area contributed by atoms with Crippen LogP contribution in [-0.2, 0) is 6.54 Å². The zero-order chi connectivity index (χ0) is 19.2. The maximum atomic E-state index is 5.91. The van der Waals surface area contributed by atoms with Crippen molar-refractivity contribution in [3.63, 3.8) is 0 Å². The monoisotopic (exact) mass is 368 g/mol. The molecular formula is C25H24N2O. The highest BCUT2D eigenvalue weighted by Gasteiger charge is 2.08. The third kappa shape index (κ3) is 4.32. The molecular weight excluding hydrogens is 344 g/mol. The number of aryl methyl sites for hydroxylation is 2. The molecule has 3 aromatic carbocycles. The fourth-order valence-electron chi connectivity index (χ4n) is 3.31. The van der Waals surface area contributed by atoms with E-state index in [0.29, 0.717) is 6.61 Å². The van der Waals surface area contributed by atoms with E-state index in [4.69, 9.17) is 9.72 Å². The van der Waals surface area contributed by atoms with Gasteiger partial charge in [0.05, 0.1) is 17.6 Å². The van der Waals surface area contributed by atoms with Gasteiger partial charge in [0.25, 0.3) is 0 Å². The first-order valence-electron chi connectivity index (χ1n) is 9.67. The molecule has 0 radical (unpaired) electrons. The molecule has 0 aliphatic heterocycles. The van der Waals surface area contributed by atoms with Crippen molar-refractivity contribution in [3.05, 3.63) is 95.8 Å². The lowest BCUT2D eigenvalue weighted by molar-refractivity contribution is 0.302. The van der Waals surface area contributed by atoms with E-state index in [1.54, 1.807) is 0 Å². The Morgan fingerprint density at radius 1 is 0.893 bits per heavy atom. The van der Waals surface area contributed by atoms with Crippen LogP contribution in [0.2, 0.25) is 0 Å². The Balaban J connectivity index is 1.49. The molecule has 0 fully saturated rings. The predicted molar refractivity (Wildman–Crippen MR) is 116 cm³/mol. The highest BCUT2D eigenvalue weighted by atomic mass is 16.5. The minimum atomic E-state index is 0.678. The van der Waals surface area contributed by atoms with E-state index in [1.807, 2.05) is 36.4 Å². The van der Waals surface area contributed by atoms with Gasteiger partial charge in [0.1, 0.15) is 11.6 Å². The second kappa shape index (κ2) is 8.57. The summed E-state index contributed by atoms with van der Waals surface area (Å²) in [6, 6.07) is 26.8. The Labute approximate surface area is 165 Å². The summed E-state index contributed by atoms with van der Waals surface area (Å²) >= 11 is 0. The van der Waals surface area contributed by atoms with Crippen molar-refractivity contribution >= 4 is 23.2 Å². The largest absolute Gasteiger partial charge is 0.494 e. The van der Waals surface area contributed by atoms with Crippen LogP contribution in [0, 0.1) is 6.92 Å². The molecule has 3 nitrogen and oxygen atoms in total. The topological polar surface area (TPSA) is 27.1 Å². The van der Waals surface area contributed by atoms with E-state index in [2.05, 4.69) is 66.1 Å². The Kier molecular flexibility index (Phi) is 5.53. The van der Waals surface area contributed by atoms with Crippen LogP contribution < -0.4 is 4.74 Å². The van der Waals surface area contributed by atoms with Gasteiger partial charge in [-0.05, 0) is 54.8 Å². The normalized spacial score (nSPS) is 11.3. The van der Waals surface area contributed by atoms with Crippen LogP contribution in [0.4, 0.5) is 0 Å². The number of fused-ring (bicyclic) bond motifs is 1. The summed E-state index contributed by atoms with van der Waals surface area (Å²) in [6.45, 7) is 3.62. The number of rotatable bonds is 7. The molecule has 0 saturated carbocycles. The number of benzene rings is 3. The fourth-order valence-corrected chi connectivity index (χ4v) is 3.31. The highest BCUT2D eigenvalue weighted by molar-refractivity contribution is 5.79. The predicted octanol–water partition coefficient (Wildman–Crippen LogP) is 5.98. The van der Waals surface area contributed by atoms with Gasteiger partial charge in [-0.15, -0.1) is 0 Å². The van der Waals surface area contributed by atoms with Crippen LogP contribution in [-0.4, -0.2) is 16.2 Å². The molecule has 1 aromatic heterocycles. The molecule has 0 aliphatic rings. The standard InChI is InChI=1S/C25H24N2O/c1-20-9-7-12-22(19-20)28-18-8-17-27-24-14-6-5-13-23(24)26-25(27)16-15-21-10-3-2-4-11-21/h2-7,9-16,19H,8,17-18H2,1H3/b16-15+. The number of imidazole rings is 1. The summed E-state index contributed by atoms with van der Waals surface area (Å²) < 4.78 is 8.19. The van der Waals surface area contributed by atoms with E-state index in [1.165, 1.54) is 11.1 Å². The molecule has 140 valence electrons. The zero-order valence-corrected chi connectivity index (χ0v) is 16.1. The Morgan fingerprint density at radius 2 is 1.71 bits per heavy atom. The Hall–Kier alpha value is -3.33. The van der Waals surface area contributed by atoms with E-state index in [9.17, 15) is 0 Å². The van der Waals surface area contributed by atoms with Gasteiger partial charge in [-0.25, -0.2) is 4.98 Å². The average Bonchev–Trinajstić information content (AvgIpc) is 3.08. The lowest BCUT2D eigenvalue weighted by Gasteiger charge is -2.09. The maximum Gasteiger partial charge on any atom is 0.133 e. The molecule has 4 rings (SSSR count). The van der Waals surface area contributed by atoms with Gasteiger partial charge >= 0.3 is 0 Å². The van der Waals surface area contributed by atoms with E-state index < -0.39 is 0 Å². The number of para-hydroxylation sites is 2. The number of nitrogens with zero attached hydrogens (tertiary/aromatic N) is 2. The van der Waals surface area contributed by atoms with Crippen molar-refractivity contribution in [2.45, 2.75) is 19.9 Å². The van der Waals surface area contributed by atoms with Gasteiger partial charge in [0.15, 0.2) is 0 Å². The molecule has 0 unspecified atom stereocenters. The van der Waals surface area contributed by atoms with E-state index in [0.717, 1.165) is 35.6 Å². The third-order valence-corrected chi connectivity index (χ3v) is 4.69. The van der Waals surface area contributed by atoms with E-state index >= 15 is 0 Å². The second-order valence-corrected chi connectivity index (χ2v) is 6.87. The molecule has 28 heavy (non-hydrogen) atoms. The van der Waals surface area contributed by atoms with Crippen molar-refractivity contribution in [3.8, 4) is 5.75 Å². The highest BCUT2D eigenvalue weighted by Crippen LogP contribution is 2.19. The molecule has 0 bridgehead atoms. The number of hydrogen-bond donors (Lipinski definition) is 0. The van der Waals surface area contributed by atoms with Gasteiger partial charge in [-0.3, -0.25) is 0 Å². The maximum absolute atomic E-state index is 5.91. The third-order valence-electron chi connectivity index (χ3n) is 4.69. The minimum absolute atomic E-state index is 0.678. The first-order valence-corrected chi connectivity index (χ1v) is 9.67. The molecule has 0 amide bonds. The van der Waals surface area contributed by atoms with Gasteiger partial charge in [0.2, 0.25) is 0 Å². The number of hydrogen-bond acceptors (Lipinski definition) is 2. The molecule has 0 saturated heterocycles. The van der Waals surface area contributed by atoms with Gasteiger partial charge in [-0.2, -0.15) is 0 Å². The van der Waals surface area contributed by atoms with Crippen molar-refractivity contribution in [1.29, 1.82) is 0 Å². The van der Waals surface area contributed by atoms with Crippen LogP contribution in [0.3, 0.4) is 0 Å². The summed E-state index contributed by atoms with van der Waals surface area (Å²) in [4.78, 5) is 4.81. The fraction of sp³-hybridized carbons (Fsp3) is 0.160. The number of ether oxygens (including phenoxy) is 1. The quantitative estimate of drug-likeness (QED) is 0.375. The zero-order valence-electron chi connectivity index (χ0n) is 16.1. The van der Waals surface area contributed by atoms with Crippen LogP contribution in [0.5, 0.6) is 5.75 Å². The number of aromatic nitrogens is 2. The van der Waals surface area contributed by atoms with E-state index in [-0.39, 0.29) is 0 Å². The summed E-state index contributed by atoms with van der Waals surface area (Å²) in [6.07, 6.45) is 5.12. The molecule has 0 spiro atoms. The van der Waals surface area contributed by atoms with Crippen molar-refractivity contribution < 1.29 is 4.74 Å². The van der Waals surface area contributed by atoms with Crippen molar-refractivity contribution in [2.75, 3.05) is 6.61 Å². The van der Waals surface area contributed by atoms with Gasteiger partial charge in [0, 0.05) is 6.54 Å². The molecule has 0 atom stereocenters. The minimum Gasteiger partial charge on any atom is -0.494 e.